The second kappa shape index (κ2) is 7.51. The third-order valence-electron chi connectivity index (χ3n) is 4.52. The molecular formula is C21H17F2N5O2. The van der Waals surface area contributed by atoms with Crippen LogP contribution in [0.4, 0.5) is 14.7 Å². The highest BCUT2D eigenvalue weighted by Crippen LogP contribution is 2.28. The van der Waals surface area contributed by atoms with E-state index in [9.17, 15) is 13.6 Å². The monoisotopic (exact) mass is 409 g/mol. The third kappa shape index (κ3) is 3.45. The SMILES string of the molecule is CN(C)c1ncc(-c2ccc3cc(Oc4ccnc(F)c4F)ccc3n2)c(=O)n1C. The number of nitrogens with zero attached hydrogens (tertiary/aromatic N) is 5. The Morgan fingerprint density at radius 2 is 1.87 bits per heavy atom. The van der Waals surface area contributed by atoms with Crippen LogP contribution in [0.25, 0.3) is 22.2 Å². The average Bonchev–Trinajstić information content (AvgIpc) is 2.73. The van der Waals surface area contributed by atoms with Gasteiger partial charge in [0.25, 0.3) is 11.5 Å². The predicted molar refractivity (Wildman–Crippen MR) is 109 cm³/mol. The maximum Gasteiger partial charge on any atom is 0.264 e. The highest BCUT2D eigenvalue weighted by molar-refractivity contribution is 5.82. The number of anilines is 1. The summed E-state index contributed by atoms with van der Waals surface area (Å²) >= 11 is 0. The number of pyridine rings is 2. The zero-order chi connectivity index (χ0) is 21.4. The lowest BCUT2D eigenvalue weighted by atomic mass is 10.1. The summed E-state index contributed by atoms with van der Waals surface area (Å²) in [6, 6.07) is 9.62. The van der Waals surface area contributed by atoms with Gasteiger partial charge in [0.1, 0.15) is 5.75 Å². The maximum atomic E-state index is 13.8. The molecule has 0 atom stereocenters. The van der Waals surface area contributed by atoms with E-state index in [2.05, 4.69) is 15.0 Å². The van der Waals surface area contributed by atoms with Gasteiger partial charge in [0.05, 0.1) is 16.8 Å². The molecular weight excluding hydrogens is 392 g/mol. The summed E-state index contributed by atoms with van der Waals surface area (Å²) < 4.78 is 33.9. The molecule has 4 rings (SSSR count). The minimum atomic E-state index is -1.23. The van der Waals surface area contributed by atoms with Crippen LogP contribution in [0.1, 0.15) is 0 Å². The Morgan fingerprint density at radius 3 is 2.63 bits per heavy atom. The van der Waals surface area contributed by atoms with E-state index in [4.69, 9.17) is 4.74 Å². The Balaban J connectivity index is 1.70. The van der Waals surface area contributed by atoms with Gasteiger partial charge in [-0.3, -0.25) is 9.36 Å². The molecule has 0 aliphatic heterocycles. The van der Waals surface area contributed by atoms with Gasteiger partial charge < -0.3 is 9.64 Å². The van der Waals surface area contributed by atoms with Crippen molar-refractivity contribution in [3.8, 4) is 22.8 Å². The summed E-state index contributed by atoms with van der Waals surface area (Å²) in [5.74, 6) is -1.80. The lowest BCUT2D eigenvalue weighted by Gasteiger charge is -2.15. The van der Waals surface area contributed by atoms with Crippen molar-refractivity contribution in [2.24, 2.45) is 7.05 Å². The number of aromatic nitrogens is 4. The Morgan fingerprint density at radius 1 is 1.07 bits per heavy atom. The molecule has 152 valence electrons. The van der Waals surface area contributed by atoms with Gasteiger partial charge in [-0.05, 0) is 24.3 Å². The smallest absolute Gasteiger partial charge is 0.264 e. The van der Waals surface area contributed by atoms with Crippen molar-refractivity contribution in [3.63, 3.8) is 0 Å². The van der Waals surface area contributed by atoms with Crippen molar-refractivity contribution < 1.29 is 13.5 Å². The van der Waals surface area contributed by atoms with Gasteiger partial charge in [0.15, 0.2) is 5.75 Å². The Kier molecular flexibility index (Phi) is 4.86. The number of benzene rings is 1. The van der Waals surface area contributed by atoms with E-state index in [0.29, 0.717) is 33.9 Å². The van der Waals surface area contributed by atoms with Gasteiger partial charge in [-0.15, -0.1) is 0 Å². The summed E-state index contributed by atoms with van der Waals surface area (Å²) in [7, 11) is 5.27. The third-order valence-corrected chi connectivity index (χ3v) is 4.52. The van der Waals surface area contributed by atoms with E-state index in [-0.39, 0.29) is 11.3 Å². The molecule has 1 aromatic carbocycles. The quantitative estimate of drug-likeness (QED) is 0.480. The average molecular weight is 409 g/mol. The van der Waals surface area contributed by atoms with Crippen LogP contribution in [0.3, 0.4) is 0 Å². The maximum absolute atomic E-state index is 13.8. The Labute approximate surface area is 170 Å². The minimum absolute atomic E-state index is 0.212. The molecule has 0 spiro atoms. The van der Waals surface area contributed by atoms with Gasteiger partial charge in [0, 0.05) is 45.0 Å². The van der Waals surface area contributed by atoms with Crippen molar-refractivity contribution in [3.05, 3.63) is 70.9 Å². The van der Waals surface area contributed by atoms with Crippen LogP contribution in [-0.4, -0.2) is 33.6 Å². The van der Waals surface area contributed by atoms with Gasteiger partial charge in [0.2, 0.25) is 11.8 Å². The first-order valence-electron chi connectivity index (χ1n) is 8.97. The molecule has 3 aromatic heterocycles. The zero-order valence-corrected chi connectivity index (χ0v) is 16.4. The molecule has 3 heterocycles. The fourth-order valence-corrected chi connectivity index (χ4v) is 3.05. The topological polar surface area (TPSA) is 73.1 Å². The van der Waals surface area contributed by atoms with Gasteiger partial charge in [-0.25, -0.2) is 15.0 Å². The second-order valence-electron chi connectivity index (χ2n) is 6.80. The molecule has 0 aliphatic rings. The highest BCUT2D eigenvalue weighted by atomic mass is 19.2. The van der Waals surface area contributed by atoms with E-state index < -0.39 is 11.8 Å². The molecule has 0 saturated carbocycles. The molecule has 0 saturated heterocycles. The van der Waals surface area contributed by atoms with Gasteiger partial charge >= 0.3 is 0 Å². The molecule has 0 unspecified atom stereocenters. The summed E-state index contributed by atoms with van der Waals surface area (Å²) in [4.78, 5) is 26.6. The van der Waals surface area contributed by atoms with Crippen LogP contribution in [0.2, 0.25) is 0 Å². The molecule has 0 bridgehead atoms. The largest absolute Gasteiger partial charge is 0.454 e. The van der Waals surface area contributed by atoms with Crippen molar-refractivity contribution >= 4 is 16.9 Å². The minimum Gasteiger partial charge on any atom is -0.454 e. The normalized spacial score (nSPS) is 11.0. The summed E-state index contributed by atoms with van der Waals surface area (Å²) in [6.45, 7) is 0. The number of hydrogen-bond acceptors (Lipinski definition) is 6. The first kappa shape index (κ1) is 19.4. The van der Waals surface area contributed by atoms with Crippen molar-refractivity contribution in [2.75, 3.05) is 19.0 Å². The van der Waals surface area contributed by atoms with E-state index in [0.717, 1.165) is 6.20 Å². The summed E-state index contributed by atoms with van der Waals surface area (Å²) in [6.07, 6.45) is 2.63. The molecule has 0 aliphatic carbocycles. The van der Waals surface area contributed by atoms with Crippen LogP contribution in [-0.2, 0) is 7.05 Å². The highest BCUT2D eigenvalue weighted by Gasteiger charge is 2.14. The van der Waals surface area contributed by atoms with Crippen LogP contribution < -0.4 is 15.2 Å². The molecule has 0 N–H and O–H groups in total. The molecule has 0 radical (unpaired) electrons. The molecule has 0 fully saturated rings. The van der Waals surface area contributed by atoms with Crippen LogP contribution in [0.5, 0.6) is 11.5 Å². The van der Waals surface area contributed by atoms with Crippen LogP contribution in [0.15, 0.2) is 53.6 Å². The first-order valence-corrected chi connectivity index (χ1v) is 8.97. The molecule has 0 amide bonds. The summed E-state index contributed by atoms with van der Waals surface area (Å²) in [5, 5.41) is 0.709. The number of halogens is 2. The number of ether oxygens (including phenoxy) is 1. The van der Waals surface area contributed by atoms with Gasteiger partial charge in [-0.1, -0.05) is 6.07 Å². The van der Waals surface area contributed by atoms with Crippen molar-refractivity contribution in [1.29, 1.82) is 0 Å². The van der Waals surface area contributed by atoms with Crippen LogP contribution in [0, 0.1) is 11.8 Å². The number of rotatable bonds is 4. The van der Waals surface area contributed by atoms with E-state index in [1.54, 1.807) is 42.3 Å². The fourth-order valence-electron chi connectivity index (χ4n) is 3.05. The Hall–Kier alpha value is -3.88. The van der Waals surface area contributed by atoms with E-state index >= 15 is 0 Å². The van der Waals surface area contributed by atoms with Crippen LogP contribution >= 0.6 is 0 Å². The van der Waals surface area contributed by atoms with E-state index in [1.165, 1.54) is 16.8 Å². The standard InChI is InChI=1S/C21H17F2N5O2/c1-27(2)21-25-11-14(20(29)28(21)3)16-6-4-12-10-13(5-7-15(12)26-16)30-17-8-9-24-19(23)18(17)22/h4-11H,1-3H3. The number of fused-ring (bicyclic) bond motifs is 1. The molecule has 9 heteroatoms. The van der Waals surface area contributed by atoms with Gasteiger partial charge in [-0.2, -0.15) is 8.78 Å². The van der Waals surface area contributed by atoms with Crippen molar-refractivity contribution in [1.82, 2.24) is 19.5 Å². The predicted octanol–water partition coefficient (Wildman–Crippen LogP) is 3.53. The molecule has 7 nitrogen and oxygen atoms in total. The van der Waals surface area contributed by atoms with Crippen molar-refractivity contribution in [2.45, 2.75) is 0 Å². The second-order valence-corrected chi connectivity index (χ2v) is 6.80. The zero-order valence-electron chi connectivity index (χ0n) is 16.4. The first-order chi connectivity index (χ1) is 14.3. The fraction of sp³-hybridized carbons (Fsp3) is 0.143. The molecule has 30 heavy (non-hydrogen) atoms. The summed E-state index contributed by atoms with van der Waals surface area (Å²) in [5.41, 5.74) is 1.26. The Bertz CT molecular complexity index is 1320. The lowest BCUT2D eigenvalue weighted by Crippen LogP contribution is -2.27. The van der Waals surface area contributed by atoms with E-state index in [1.807, 2.05) is 14.1 Å². The lowest BCUT2D eigenvalue weighted by molar-refractivity contribution is 0.404. The molecule has 4 aromatic rings. The number of hydrogen-bond donors (Lipinski definition) is 0.